The van der Waals surface area contributed by atoms with Crippen LogP contribution in [0.4, 0.5) is 0 Å². The SMILES string of the molecule is CCC\C=C/C=C\C=C/C=C\C=C/CCCCCCCC(=O)OCC(COC(=O)CCCCC/C=C\CCCCCCCCC)OC(=O)CCCCCCCCCCCCCCCCCCC. The van der Waals surface area contributed by atoms with Crippen LogP contribution in [0.1, 0.15) is 278 Å². The molecule has 6 heteroatoms. The second-order valence-electron chi connectivity index (χ2n) is 19.0. The molecule has 0 N–H and O–H groups in total. The number of hydrogen-bond donors (Lipinski definition) is 0. The van der Waals surface area contributed by atoms with E-state index in [1.54, 1.807) is 0 Å². The highest BCUT2D eigenvalue weighted by molar-refractivity contribution is 5.71. The summed E-state index contributed by atoms with van der Waals surface area (Å²) in [6.45, 7) is 6.54. The standard InChI is InChI=1S/C61H106O6/c1-4-7-10-13-16-19-22-25-28-30-32-33-36-39-42-45-48-51-54-60(63)66-57-58(56-65-59(62)53-50-47-44-41-38-35-27-24-21-18-15-12-9-6-3)67-61(64)55-52-49-46-43-40-37-34-31-29-26-23-20-17-14-11-8-5-2/h10,13,16,19,22,25,28,30,32-33,35,38,58H,4-9,11-12,14-15,17-18,20-21,23-24,26-27,29,31,34,36-37,39-57H2,1-3H3/b13-10-,19-16-,25-22-,30-28-,33-32-,38-35-. The Labute approximate surface area is 414 Å². The van der Waals surface area contributed by atoms with Gasteiger partial charge >= 0.3 is 17.9 Å². The molecule has 0 bridgehead atoms. The Kier molecular flexibility index (Phi) is 52.8. The summed E-state index contributed by atoms with van der Waals surface area (Å²) in [5.74, 6) is -0.919. The van der Waals surface area contributed by atoms with Gasteiger partial charge in [-0.15, -0.1) is 0 Å². The lowest BCUT2D eigenvalue weighted by atomic mass is 10.0. The molecule has 0 aliphatic heterocycles. The molecule has 0 saturated heterocycles. The number of allylic oxidation sites excluding steroid dienone is 12. The van der Waals surface area contributed by atoms with Crippen LogP contribution in [0.2, 0.25) is 0 Å². The van der Waals surface area contributed by atoms with Crippen molar-refractivity contribution in [3.05, 3.63) is 72.9 Å². The van der Waals surface area contributed by atoms with Crippen molar-refractivity contribution in [3.63, 3.8) is 0 Å². The highest BCUT2D eigenvalue weighted by atomic mass is 16.6. The first kappa shape index (κ1) is 63.8. The van der Waals surface area contributed by atoms with Gasteiger partial charge in [0, 0.05) is 19.3 Å². The van der Waals surface area contributed by atoms with Gasteiger partial charge in [0.2, 0.25) is 0 Å². The normalized spacial score (nSPS) is 12.6. The molecule has 0 aromatic heterocycles. The summed E-state index contributed by atoms with van der Waals surface area (Å²) in [5, 5.41) is 0. The summed E-state index contributed by atoms with van der Waals surface area (Å²) in [7, 11) is 0. The smallest absolute Gasteiger partial charge is 0.306 e. The van der Waals surface area contributed by atoms with Gasteiger partial charge in [0.15, 0.2) is 6.10 Å². The number of ether oxygens (including phenoxy) is 3. The lowest BCUT2D eigenvalue weighted by Crippen LogP contribution is -2.30. The summed E-state index contributed by atoms with van der Waals surface area (Å²) >= 11 is 0. The topological polar surface area (TPSA) is 78.9 Å². The molecular formula is C61H106O6. The number of carbonyl (C=O) groups excluding carboxylic acids is 3. The predicted octanol–water partition coefficient (Wildman–Crippen LogP) is 19.0. The number of carbonyl (C=O) groups is 3. The molecule has 0 saturated carbocycles. The van der Waals surface area contributed by atoms with Gasteiger partial charge in [-0.3, -0.25) is 14.4 Å². The summed E-state index contributed by atoms with van der Waals surface area (Å²) < 4.78 is 16.8. The third-order valence-corrected chi connectivity index (χ3v) is 12.3. The molecule has 386 valence electrons. The number of esters is 3. The third-order valence-electron chi connectivity index (χ3n) is 12.3. The first-order valence-corrected chi connectivity index (χ1v) is 28.5. The average Bonchev–Trinajstić information content (AvgIpc) is 3.33. The summed E-state index contributed by atoms with van der Waals surface area (Å²) in [5.41, 5.74) is 0. The van der Waals surface area contributed by atoms with Crippen molar-refractivity contribution in [2.24, 2.45) is 0 Å². The average molecular weight is 936 g/mol. The van der Waals surface area contributed by atoms with Gasteiger partial charge in [-0.1, -0.05) is 267 Å². The van der Waals surface area contributed by atoms with Gasteiger partial charge in [-0.2, -0.15) is 0 Å². The minimum atomic E-state index is -0.791. The van der Waals surface area contributed by atoms with E-state index in [2.05, 4.69) is 69.4 Å². The molecule has 0 rings (SSSR count). The predicted molar refractivity (Wildman–Crippen MR) is 288 cm³/mol. The van der Waals surface area contributed by atoms with Crippen LogP contribution in [0.25, 0.3) is 0 Å². The Morgan fingerprint density at radius 1 is 0.299 bits per heavy atom. The zero-order valence-corrected chi connectivity index (χ0v) is 44.2. The van der Waals surface area contributed by atoms with Crippen LogP contribution in [0.5, 0.6) is 0 Å². The van der Waals surface area contributed by atoms with Crippen LogP contribution in [0.3, 0.4) is 0 Å². The fourth-order valence-corrected chi connectivity index (χ4v) is 8.00. The maximum absolute atomic E-state index is 12.9. The molecule has 0 fully saturated rings. The van der Waals surface area contributed by atoms with E-state index in [1.807, 2.05) is 24.3 Å². The number of unbranched alkanes of at least 4 members (excludes halogenated alkanes) is 32. The fraction of sp³-hybridized carbons (Fsp3) is 0.754. The van der Waals surface area contributed by atoms with Crippen molar-refractivity contribution in [2.75, 3.05) is 13.2 Å². The minimum Gasteiger partial charge on any atom is -0.462 e. The van der Waals surface area contributed by atoms with Gasteiger partial charge < -0.3 is 14.2 Å². The van der Waals surface area contributed by atoms with Gasteiger partial charge in [0.25, 0.3) is 0 Å². The highest BCUT2D eigenvalue weighted by Gasteiger charge is 2.19. The maximum Gasteiger partial charge on any atom is 0.306 e. The van der Waals surface area contributed by atoms with Gasteiger partial charge in [-0.05, 0) is 64.2 Å². The summed E-state index contributed by atoms with van der Waals surface area (Å²) in [4.78, 5) is 38.1. The van der Waals surface area contributed by atoms with Crippen LogP contribution < -0.4 is 0 Å². The first-order chi connectivity index (χ1) is 33.0. The van der Waals surface area contributed by atoms with E-state index in [0.29, 0.717) is 19.3 Å². The molecule has 0 heterocycles. The van der Waals surface area contributed by atoms with Crippen LogP contribution in [0, 0.1) is 0 Å². The van der Waals surface area contributed by atoms with Gasteiger partial charge in [0.05, 0.1) is 0 Å². The molecule has 6 nitrogen and oxygen atoms in total. The lowest BCUT2D eigenvalue weighted by molar-refractivity contribution is -0.167. The molecule has 0 aromatic carbocycles. The van der Waals surface area contributed by atoms with Crippen molar-refractivity contribution >= 4 is 17.9 Å². The van der Waals surface area contributed by atoms with Gasteiger partial charge in [0.1, 0.15) is 13.2 Å². The first-order valence-electron chi connectivity index (χ1n) is 28.5. The van der Waals surface area contributed by atoms with Crippen molar-refractivity contribution in [3.8, 4) is 0 Å². The fourth-order valence-electron chi connectivity index (χ4n) is 8.00. The Morgan fingerprint density at radius 3 is 0.955 bits per heavy atom. The molecule has 1 unspecified atom stereocenters. The molecule has 0 aliphatic rings. The molecule has 1 atom stereocenters. The van der Waals surface area contributed by atoms with E-state index in [4.69, 9.17) is 14.2 Å². The van der Waals surface area contributed by atoms with Crippen LogP contribution in [-0.4, -0.2) is 37.2 Å². The van der Waals surface area contributed by atoms with Crippen molar-refractivity contribution in [1.29, 1.82) is 0 Å². The molecule has 0 spiro atoms. The van der Waals surface area contributed by atoms with E-state index in [9.17, 15) is 14.4 Å². The van der Waals surface area contributed by atoms with E-state index < -0.39 is 6.10 Å². The van der Waals surface area contributed by atoms with E-state index in [0.717, 1.165) is 96.3 Å². The monoisotopic (exact) mass is 935 g/mol. The third kappa shape index (κ3) is 53.7. The zero-order chi connectivity index (χ0) is 48.6. The Hall–Kier alpha value is -3.15. The van der Waals surface area contributed by atoms with Crippen molar-refractivity contribution < 1.29 is 28.6 Å². The Morgan fingerprint density at radius 2 is 0.582 bits per heavy atom. The second-order valence-corrected chi connectivity index (χ2v) is 19.0. The Bertz CT molecular complexity index is 1260. The number of hydrogen-bond acceptors (Lipinski definition) is 6. The lowest BCUT2D eigenvalue weighted by Gasteiger charge is -2.18. The van der Waals surface area contributed by atoms with Crippen molar-refractivity contribution in [1.82, 2.24) is 0 Å². The molecule has 0 radical (unpaired) electrons. The summed E-state index contributed by atoms with van der Waals surface area (Å²) in [6.07, 6.45) is 70.2. The summed E-state index contributed by atoms with van der Waals surface area (Å²) in [6, 6.07) is 0. The Balaban J connectivity index is 4.43. The maximum atomic E-state index is 12.9. The van der Waals surface area contributed by atoms with Crippen LogP contribution in [0.15, 0.2) is 72.9 Å². The zero-order valence-electron chi connectivity index (χ0n) is 44.2. The molecule has 0 aliphatic carbocycles. The largest absolute Gasteiger partial charge is 0.462 e. The van der Waals surface area contributed by atoms with Crippen molar-refractivity contribution in [2.45, 2.75) is 284 Å². The highest BCUT2D eigenvalue weighted by Crippen LogP contribution is 2.16. The van der Waals surface area contributed by atoms with Crippen LogP contribution >= 0.6 is 0 Å². The quantitative estimate of drug-likeness (QED) is 0.0199. The number of rotatable bonds is 51. The molecule has 0 aromatic rings. The van der Waals surface area contributed by atoms with Gasteiger partial charge in [-0.25, -0.2) is 0 Å². The van der Waals surface area contributed by atoms with E-state index >= 15 is 0 Å². The molecule has 0 amide bonds. The second kappa shape index (κ2) is 55.4. The minimum absolute atomic E-state index is 0.0897. The van der Waals surface area contributed by atoms with E-state index in [1.165, 1.54) is 141 Å². The van der Waals surface area contributed by atoms with E-state index in [-0.39, 0.29) is 31.1 Å². The van der Waals surface area contributed by atoms with Crippen LogP contribution in [-0.2, 0) is 28.6 Å². The molecule has 67 heavy (non-hydrogen) atoms. The molecular weight excluding hydrogens is 829 g/mol.